The van der Waals surface area contributed by atoms with Gasteiger partial charge in [0.15, 0.2) is 0 Å². The van der Waals surface area contributed by atoms with Gasteiger partial charge in [0, 0.05) is 6.92 Å². The van der Waals surface area contributed by atoms with Crippen LogP contribution >= 0.6 is 0 Å². The Morgan fingerprint density at radius 2 is 1.90 bits per heavy atom. The molecule has 0 bridgehead atoms. The third-order valence-electron chi connectivity index (χ3n) is 1.15. The van der Waals surface area contributed by atoms with E-state index in [1.807, 2.05) is 0 Å². The molecule has 2 atom stereocenters. The highest BCUT2D eigenvalue weighted by atomic mass is 16.3. The minimum Gasteiger partial charge on any atom is -0.391 e. The highest BCUT2D eigenvalue weighted by Crippen LogP contribution is 1.88. The number of amides is 1. The van der Waals surface area contributed by atoms with Gasteiger partial charge in [-0.15, -0.1) is 0 Å². The number of hydrogen-bond acceptors (Lipinski definition) is 2. The monoisotopic (exact) mass is 147 g/mol. The molecule has 0 rings (SSSR count). The van der Waals surface area contributed by atoms with Gasteiger partial charge in [-0.3, -0.25) is 4.79 Å². The lowest BCUT2D eigenvalue weighted by Gasteiger charge is -2.14. The Labute approximate surface area is 62.4 Å². The molecule has 0 saturated carbocycles. The van der Waals surface area contributed by atoms with Crippen molar-refractivity contribution in [2.45, 2.75) is 40.3 Å². The van der Waals surface area contributed by atoms with Crippen LogP contribution in [0.1, 0.15) is 28.2 Å². The molecule has 2 N–H and O–H groups in total. The normalized spacial score (nSPS) is 14.8. The van der Waals surface area contributed by atoms with Crippen molar-refractivity contribution >= 4 is 5.91 Å². The zero-order chi connectivity index (χ0) is 7.44. The molecule has 0 fully saturated rings. The van der Waals surface area contributed by atoms with E-state index in [0.717, 1.165) is 0 Å². The van der Waals surface area contributed by atoms with Crippen molar-refractivity contribution in [1.82, 2.24) is 5.32 Å². The van der Waals surface area contributed by atoms with Gasteiger partial charge in [-0.05, 0) is 13.8 Å². The highest BCUT2D eigenvalue weighted by molar-refractivity contribution is 5.73. The average Bonchev–Trinajstić information content (AvgIpc) is 1.63. The predicted molar refractivity (Wildman–Crippen MR) is 41.7 cm³/mol. The second kappa shape index (κ2) is 5.23. The van der Waals surface area contributed by atoms with Crippen molar-refractivity contribution in [3.8, 4) is 0 Å². The average molecular weight is 147 g/mol. The van der Waals surface area contributed by atoms with Crippen LogP contribution < -0.4 is 5.32 Å². The Morgan fingerprint density at radius 3 is 2.00 bits per heavy atom. The first kappa shape index (κ1) is 12.1. The van der Waals surface area contributed by atoms with Gasteiger partial charge < -0.3 is 10.4 Å². The minimum atomic E-state index is -0.478. The number of aliphatic hydroxyl groups excluding tert-OH is 1. The summed E-state index contributed by atoms with van der Waals surface area (Å²) in [6, 6.07) is -0.150. The van der Waals surface area contributed by atoms with Crippen LogP contribution in [-0.4, -0.2) is 23.2 Å². The van der Waals surface area contributed by atoms with Crippen molar-refractivity contribution in [2.75, 3.05) is 0 Å². The molecule has 0 aromatic heterocycles. The van der Waals surface area contributed by atoms with E-state index >= 15 is 0 Å². The van der Waals surface area contributed by atoms with Gasteiger partial charge in [0.1, 0.15) is 0 Å². The van der Waals surface area contributed by atoms with E-state index in [2.05, 4.69) is 5.32 Å². The molecule has 62 valence electrons. The lowest BCUT2D eigenvalue weighted by atomic mass is 10.2. The standard InChI is InChI=1S/C6H13NO2.CH4/c1-4(5(2)8)7-6(3)9;/h4-5,8H,1-3H3,(H,7,9);1H4/t4-,5-;/m0./s1. The number of rotatable bonds is 2. The Kier molecular flexibility index (Phi) is 6.35. The Balaban J connectivity index is 0. The largest absolute Gasteiger partial charge is 0.391 e. The molecule has 10 heavy (non-hydrogen) atoms. The lowest BCUT2D eigenvalue weighted by Crippen LogP contribution is -2.38. The van der Waals surface area contributed by atoms with Crippen molar-refractivity contribution in [3.05, 3.63) is 0 Å². The molecule has 0 aliphatic rings. The van der Waals surface area contributed by atoms with Gasteiger partial charge in [-0.25, -0.2) is 0 Å². The van der Waals surface area contributed by atoms with Crippen LogP contribution in [-0.2, 0) is 4.79 Å². The molecule has 0 aliphatic carbocycles. The van der Waals surface area contributed by atoms with Crippen LogP contribution in [0.3, 0.4) is 0 Å². The molecule has 1 amide bonds. The molecule has 0 unspecified atom stereocenters. The fourth-order valence-electron chi connectivity index (χ4n) is 0.441. The number of carbonyl (C=O) groups excluding carboxylic acids is 1. The summed E-state index contributed by atoms with van der Waals surface area (Å²) >= 11 is 0. The summed E-state index contributed by atoms with van der Waals surface area (Å²) in [5.74, 6) is -0.108. The lowest BCUT2D eigenvalue weighted by molar-refractivity contribution is -0.120. The first-order valence-electron chi connectivity index (χ1n) is 2.99. The van der Waals surface area contributed by atoms with E-state index in [-0.39, 0.29) is 19.4 Å². The molecule has 0 saturated heterocycles. The molecule has 0 heterocycles. The number of carbonyl (C=O) groups is 1. The van der Waals surface area contributed by atoms with Crippen molar-refractivity contribution in [1.29, 1.82) is 0 Å². The summed E-state index contributed by atoms with van der Waals surface area (Å²) in [5, 5.41) is 11.4. The van der Waals surface area contributed by atoms with E-state index in [1.54, 1.807) is 13.8 Å². The topological polar surface area (TPSA) is 49.3 Å². The van der Waals surface area contributed by atoms with Gasteiger partial charge in [0.2, 0.25) is 5.91 Å². The summed E-state index contributed by atoms with van der Waals surface area (Å²) in [5.41, 5.74) is 0. The van der Waals surface area contributed by atoms with Crippen molar-refractivity contribution in [3.63, 3.8) is 0 Å². The summed E-state index contributed by atoms with van der Waals surface area (Å²) < 4.78 is 0. The quantitative estimate of drug-likeness (QED) is 0.598. The summed E-state index contributed by atoms with van der Waals surface area (Å²) in [4.78, 5) is 10.3. The second-order valence-corrected chi connectivity index (χ2v) is 2.23. The van der Waals surface area contributed by atoms with Crippen LogP contribution in [0.4, 0.5) is 0 Å². The summed E-state index contributed by atoms with van der Waals surface area (Å²) in [7, 11) is 0. The first-order valence-corrected chi connectivity index (χ1v) is 2.99. The van der Waals surface area contributed by atoms with Crippen molar-refractivity contribution in [2.24, 2.45) is 0 Å². The Bertz CT molecular complexity index is 102. The van der Waals surface area contributed by atoms with Crippen LogP contribution in [0.5, 0.6) is 0 Å². The molecule has 0 radical (unpaired) electrons. The minimum absolute atomic E-state index is 0. The Hall–Kier alpha value is -0.570. The SMILES string of the molecule is C.CC(=O)N[C@@H](C)[C@H](C)O. The van der Waals surface area contributed by atoms with Crippen LogP contribution in [0.2, 0.25) is 0 Å². The first-order chi connectivity index (χ1) is 4.04. The molecule has 0 spiro atoms. The molecule has 0 aliphatic heterocycles. The highest BCUT2D eigenvalue weighted by Gasteiger charge is 2.07. The maximum Gasteiger partial charge on any atom is 0.217 e. The van der Waals surface area contributed by atoms with Gasteiger partial charge in [0.05, 0.1) is 12.1 Å². The van der Waals surface area contributed by atoms with E-state index < -0.39 is 6.10 Å². The van der Waals surface area contributed by atoms with Crippen molar-refractivity contribution < 1.29 is 9.90 Å². The fourth-order valence-corrected chi connectivity index (χ4v) is 0.441. The zero-order valence-electron chi connectivity index (χ0n) is 6.01. The van der Waals surface area contributed by atoms with Crippen LogP contribution in [0.25, 0.3) is 0 Å². The number of aliphatic hydroxyl groups is 1. The maximum atomic E-state index is 10.3. The molecule has 3 nitrogen and oxygen atoms in total. The number of nitrogens with one attached hydrogen (secondary N) is 1. The van der Waals surface area contributed by atoms with E-state index in [0.29, 0.717) is 0 Å². The Morgan fingerprint density at radius 1 is 1.50 bits per heavy atom. The summed E-state index contributed by atoms with van der Waals surface area (Å²) in [6.07, 6.45) is -0.478. The van der Waals surface area contributed by atoms with E-state index in [4.69, 9.17) is 5.11 Å². The summed E-state index contributed by atoms with van der Waals surface area (Å²) in [6.45, 7) is 4.82. The van der Waals surface area contributed by atoms with Gasteiger partial charge in [-0.1, -0.05) is 7.43 Å². The van der Waals surface area contributed by atoms with Gasteiger partial charge >= 0.3 is 0 Å². The van der Waals surface area contributed by atoms with E-state index in [1.165, 1.54) is 6.92 Å². The van der Waals surface area contributed by atoms with Crippen LogP contribution in [0, 0.1) is 0 Å². The van der Waals surface area contributed by atoms with Gasteiger partial charge in [0.25, 0.3) is 0 Å². The third-order valence-corrected chi connectivity index (χ3v) is 1.15. The molecular weight excluding hydrogens is 130 g/mol. The third kappa shape index (κ3) is 5.56. The molecule has 0 aromatic rings. The fraction of sp³-hybridized carbons (Fsp3) is 0.857. The van der Waals surface area contributed by atoms with Gasteiger partial charge in [-0.2, -0.15) is 0 Å². The molecule has 0 aromatic carbocycles. The second-order valence-electron chi connectivity index (χ2n) is 2.23. The maximum absolute atomic E-state index is 10.3. The zero-order valence-corrected chi connectivity index (χ0v) is 6.01. The molecule has 3 heteroatoms. The molecular formula is C7H17NO2. The number of hydrogen-bond donors (Lipinski definition) is 2. The smallest absolute Gasteiger partial charge is 0.217 e. The van der Waals surface area contributed by atoms with E-state index in [9.17, 15) is 4.79 Å². The predicted octanol–water partition coefficient (Wildman–Crippen LogP) is 0.528. The van der Waals surface area contributed by atoms with Crippen LogP contribution in [0.15, 0.2) is 0 Å².